The normalized spacial score (nSPS) is 23.4. The third-order valence-electron chi connectivity index (χ3n) is 4.19. The molecule has 2 aliphatic heterocycles. The lowest BCUT2D eigenvalue weighted by molar-refractivity contribution is 0.0700. The lowest BCUT2D eigenvalue weighted by Gasteiger charge is -2.24. The molecular weight excluding hydrogens is 270 g/mol. The molecule has 0 aromatic carbocycles. The molecule has 3 rings (SSSR count). The van der Waals surface area contributed by atoms with E-state index in [1.165, 1.54) is 19.4 Å². The van der Waals surface area contributed by atoms with Gasteiger partial charge in [0.1, 0.15) is 0 Å². The van der Waals surface area contributed by atoms with E-state index in [0.717, 1.165) is 26.1 Å². The van der Waals surface area contributed by atoms with E-state index >= 15 is 0 Å². The molecule has 0 spiro atoms. The molecule has 7 heteroatoms. The topological polar surface area (TPSA) is 65.7 Å². The first kappa shape index (κ1) is 14.5. The number of amides is 1. The molecule has 2 fully saturated rings. The highest BCUT2D eigenvalue weighted by Crippen LogP contribution is 2.22. The summed E-state index contributed by atoms with van der Waals surface area (Å²) in [6, 6.07) is 0.501. The Morgan fingerprint density at radius 3 is 2.90 bits per heavy atom. The van der Waals surface area contributed by atoms with Crippen molar-refractivity contribution in [3.8, 4) is 0 Å². The van der Waals surface area contributed by atoms with Crippen molar-refractivity contribution < 1.29 is 9.21 Å². The number of nitrogens with zero attached hydrogens (tertiary/aromatic N) is 5. The summed E-state index contributed by atoms with van der Waals surface area (Å²) in [6.45, 7) is 4.36. The van der Waals surface area contributed by atoms with Gasteiger partial charge in [0.2, 0.25) is 5.89 Å². The summed E-state index contributed by atoms with van der Waals surface area (Å²) >= 11 is 0. The quantitative estimate of drug-likeness (QED) is 0.806. The van der Waals surface area contributed by atoms with Crippen molar-refractivity contribution in [2.75, 3.05) is 40.3 Å². The molecule has 3 heterocycles. The summed E-state index contributed by atoms with van der Waals surface area (Å²) < 4.78 is 5.49. The zero-order valence-electron chi connectivity index (χ0n) is 12.8. The van der Waals surface area contributed by atoms with Crippen molar-refractivity contribution in [3.05, 3.63) is 11.8 Å². The summed E-state index contributed by atoms with van der Waals surface area (Å²) in [4.78, 5) is 18.8. The minimum atomic E-state index is -0.124. The molecule has 1 aromatic rings. The van der Waals surface area contributed by atoms with Gasteiger partial charge in [-0.1, -0.05) is 0 Å². The fourth-order valence-electron chi connectivity index (χ4n) is 3.20. The third-order valence-corrected chi connectivity index (χ3v) is 4.19. The fraction of sp³-hybridized carbons (Fsp3) is 0.786. The molecule has 1 atom stereocenters. The highest BCUT2D eigenvalue weighted by Gasteiger charge is 2.32. The molecule has 0 saturated carbocycles. The summed E-state index contributed by atoms with van der Waals surface area (Å²) in [7, 11) is 3.85. The molecule has 0 aliphatic carbocycles. The second-order valence-corrected chi connectivity index (χ2v) is 6.18. The number of carbonyl (C=O) groups excluding carboxylic acids is 1. The van der Waals surface area contributed by atoms with Crippen LogP contribution in [0.5, 0.6) is 0 Å². The van der Waals surface area contributed by atoms with Crippen LogP contribution in [0.4, 0.5) is 0 Å². The molecule has 0 radical (unpaired) electrons. The summed E-state index contributed by atoms with van der Waals surface area (Å²) in [5.74, 6) is 0.486. The van der Waals surface area contributed by atoms with Crippen molar-refractivity contribution in [2.24, 2.45) is 0 Å². The van der Waals surface area contributed by atoms with Crippen LogP contribution in [-0.4, -0.2) is 77.1 Å². The van der Waals surface area contributed by atoms with Crippen LogP contribution in [0.15, 0.2) is 4.42 Å². The average Bonchev–Trinajstić information content (AvgIpc) is 3.02. The predicted molar refractivity (Wildman–Crippen MR) is 76.8 cm³/mol. The molecule has 2 saturated heterocycles. The molecule has 7 nitrogen and oxygen atoms in total. The molecule has 2 aliphatic rings. The summed E-state index contributed by atoms with van der Waals surface area (Å²) in [6.07, 6.45) is 3.43. The Labute approximate surface area is 124 Å². The predicted octanol–water partition coefficient (Wildman–Crippen LogP) is 0.442. The third kappa shape index (κ3) is 3.24. The van der Waals surface area contributed by atoms with Crippen LogP contribution in [0.3, 0.4) is 0 Å². The lowest BCUT2D eigenvalue weighted by Crippen LogP contribution is -2.39. The van der Waals surface area contributed by atoms with E-state index in [4.69, 9.17) is 4.42 Å². The van der Waals surface area contributed by atoms with E-state index in [0.29, 0.717) is 18.5 Å². The molecule has 0 N–H and O–H groups in total. The van der Waals surface area contributed by atoms with E-state index < -0.39 is 0 Å². The summed E-state index contributed by atoms with van der Waals surface area (Å²) in [5, 5.41) is 7.86. The maximum atomic E-state index is 12.5. The van der Waals surface area contributed by atoms with Crippen molar-refractivity contribution in [3.63, 3.8) is 0 Å². The number of rotatable bonds is 3. The van der Waals surface area contributed by atoms with Gasteiger partial charge >= 0.3 is 11.8 Å². The van der Waals surface area contributed by atoms with Crippen LogP contribution in [0.25, 0.3) is 0 Å². The van der Waals surface area contributed by atoms with Gasteiger partial charge < -0.3 is 14.2 Å². The standard InChI is InChI=1S/C14H23N5O2/c1-17(2)10-12-15-16-13(21-12)14(20)19-8-4-7-18-6-3-5-11(18)9-19/h11H,3-10H2,1-2H3/t11-/m0/s1. The zero-order chi connectivity index (χ0) is 14.8. The van der Waals surface area contributed by atoms with Crippen LogP contribution in [-0.2, 0) is 6.54 Å². The van der Waals surface area contributed by atoms with Crippen molar-refractivity contribution >= 4 is 5.91 Å². The summed E-state index contributed by atoms with van der Waals surface area (Å²) in [5.41, 5.74) is 0. The Morgan fingerprint density at radius 1 is 1.29 bits per heavy atom. The van der Waals surface area contributed by atoms with Gasteiger partial charge in [-0.3, -0.25) is 9.69 Å². The Hall–Kier alpha value is -1.47. The van der Waals surface area contributed by atoms with Gasteiger partial charge in [0.05, 0.1) is 6.54 Å². The first-order valence-corrected chi connectivity index (χ1v) is 7.64. The van der Waals surface area contributed by atoms with Crippen LogP contribution < -0.4 is 0 Å². The Kier molecular flexibility index (Phi) is 4.21. The molecule has 1 amide bonds. The highest BCUT2D eigenvalue weighted by molar-refractivity contribution is 5.89. The number of fused-ring (bicyclic) bond motifs is 1. The Balaban J connectivity index is 1.67. The molecule has 0 bridgehead atoms. The number of aromatic nitrogens is 2. The number of hydrogen-bond acceptors (Lipinski definition) is 6. The van der Waals surface area contributed by atoms with Crippen LogP contribution >= 0.6 is 0 Å². The van der Waals surface area contributed by atoms with Crippen molar-refractivity contribution in [1.82, 2.24) is 24.9 Å². The maximum Gasteiger partial charge on any atom is 0.311 e. The Morgan fingerprint density at radius 2 is 2.10 bits per heavy atom. The molecule has 116 valence electrons. The largest absolute Gasteiger partial charge is 0.415 e. The van der Waals surface area contributed by atoms with Gasteiger partial charge in [0.15, 0.2) is 0 Å². The zero-order valence-corrected chi connectivity index (χ0v) is 12.8. The monoisotopic (exact) mass is 293 g/mol. The van der Waals surface area contributed by atoms with Crippen LogP contribution in [0.1, 0.15) is 35.8 Å². The highest BCUT2D eigenvalue weighted by atomic mass is 16.4. The first-order chi connectivity index (χ1) is 10.1. The van der Waals surface area contributed by atoms with E-state index in [1.807, 2.05) is 23.9 Å². The second-order valence-electron chi connectivity index (χ2n) is 6.18. The van der Waals surface area contributed by atoms with Gasteiger partial charge in [-0.25, -0.2) is 0 Å². The van der Waals surface area contributed by atoms with Crippen molar-refractivity contribution in [2.45, 2.75) is 31.8 Å². The first-order valence-electron chi connectivity index (χ1n) is 7.64. The number of carbonyl (C=O) groups is 1. The molecule has 21 heavy (non-hydrogen) atoms. The van der Waals surface area contributed by atoms with Gasteiger partial charge in [-0.15, -0.1) is 10.2 Å². The van der Waals surface area contributed by atoms with Gasteiger partial charge in [0, 0.05) is 25.7 Å². The van der Waals surface area contributed by atoms with Crippen LogP contribution in [0, 0.1) is 0 Å². The molecule has 1 aromatic heterocycles. The van der Waals surface area contributed by atoms with E-state index in [1.54, 1.807) is 0 Å². The number of hydrogen-bond donors (Lipinski definition) is 0. The minimum Gasteiger partial charge on any atom is -0.415 e. The van der Waals surface area contributed by atoms with E-state index in [2.05, 4.69) is 15.1 Å². The van der Waals surface area contributed by atoms with Crippen molar-refractivity contribution in [1.29, 1.82) is 0 Å². The second kappa shape index (κ2) is 6.11. The molecular formula is C14H23N5O2. The average molecular weight is 293 g/mol. The Bertz CT molecular complexity index is 501. The van der Waals surface area contributed by atoms with E-state index in [-0.39, 0.29) is 11.8 Å². The molecule has 0 unspecified atom stereocenters. The minimum absolute atomic E-state index is 0.123. The SMILES string of the molecule is CN(C)Cc1nnc(C(=O)N2CCCN3CCC[C@H]3C2)o1. The fourth-order valence-corrected chi connectivity index (χ4v) is 3.20. The van der Waals surface area contributed by atoms with E-state index in [9.17, 15) is 4.79 Å². The lowest BCUT2D eigenvalue weighted by atomic mass is 10.2. The maximum absolute atomic E-state index is 12.5. The van der Waals surface area contributed by atoms with Crippen LogP contribution in [0.2, 0.25) is 0 Å². The van der Waals surface area contributed by atoms with Gasteiger partial charge in [0.25, 0.3) is 0 Å². The van der Waals surface area contributed by atoms with Gasteiger partial charge in [-0.05, 0) is 39.9 Å². The van der Waals surface area contributed by atoms with Gasteiger partial charge in [-0.2, -0.15) is 0 Å². The smallest absolute Gasteiger partial charge is 0.311 e.